The normalized spacial score (nSPS) is 13.1. The molecular weight excluding hydrogens is 282 g/mol. The number of benzene rings is 2. The van der Waals surface area contributed by atoms with Crippen molar-refractivity contribution in [3.8, 4) is 0 Å². The molecule has 0 aliphatic rings. The highest BCUT2D eigenvalue weighted by Gasteiger charge is 2.27. The maximum absolute atomic E-state index is 12.0. The summed E-state index contributed by atoms with van der Waals surface area (Å²) in [6.07, 6.45) is -1.06. The molecule has 0 spiro atoms. The Balaban J connectivity index is 2.04. The number of hydrogen-bond donors (Lipinski definition) is 2. The minimum Gasteiger partial charge on any atom is -0.478 e. The monoisotopic (exact) mass is 299 g/mol. The van der Waals surface area contributed by atoms with Crippen LogP contribution in [0.5, 0.6) is 0 Å². The van der Waals surface area contributed by atoms with E-state index >= 15 is 0 Å². The van der Waals surface area contributed by atoms with Crippen LogP contribution in [-0.2, 0) is 20.7 Å². The predicted octanol–water partition coefficient (Wildman–Crippen LogP) is 1.93. The van der Waals surface area contributed by atoms with Gasteiger partial charge in [-0.2, -0.15) is 0 Å². The van der Waals surface area contributed by atoms with Crippen LogP contribution in [0.2, 0.25) is 0 Å². The average molecular weight is 299 g/mol. The Hall–Kier alpha value is -2.66. The molecule has 0 aliphatic heterocycles. The zero-order chi connectivity index (χ0) is 15.9. The summed E-state index contributed by atoms with van der Waals surface area (Å²) >= 11 is 0. The molecule has 5 nitrogen and oxygen atoms in total. The number of carbonyl (C=O) groups excluding carboxylic acids is 1. The van der Waals surface area contributed by atoms with E-state index in [0.29, 0.717) is 12.0 Å². The molecule has 2 aromatic rings. The summed E-state index contributed by atoms with van der Waals surface area (Å²) in [5.74, 6) is -1.97. The Labute approximate surface area is 128 Å². The van der Waals surface area contributed by atoms with Gasteiger partial charge in [-0.15, -0.1) is 0 Å². The maximum atomic E-state index is 12.0. The van der Waals surface area contributed by atoms with E-state index in [0.717, 1.165) is 5.56 Å². The van der Waals surface area contributed by atoms with Crippen molar-refractivity contribution in [2.45, 2.75) is 18.6 Å². The Morgan fingerprint density at radius 2 is 1.55 bits per heavy atom. The van der Waals surface area contributed by atoms with E-state index in [1.54, 1.807) is 30.3 Å². The molecule has 5 heteroatoms. The van der Waals surface area contributed by atoms with Crippen molar-refractivity contribution in [2.75, 3.05) is 0 Å². The molecule has 2 rings (SSSR count). The van der Waals surface area contributed by atoms with Crippen molar-refractivity contribution >= 4 is 11.9 Å². The van der Waals surface area contributed by atoms with Gasteiger partial charge in [0.1, 0.15) is 6.04 Å². The number of rotatable bonds is 6. The van der Waals surface area contributed by atoms with Crippen LogP contribution in [0, 0.1) is 0 Å². The molecule has 0 saturated carbocycles. The first-order valence-electron chi connectivity index (χ1n) is 6.85. The van der Waals surface area contributed by atoms with Crippen LogP contribution in [0.25, 0.3) is 0 Å². The third kappa shape index (κ3) is 4.17. The second kappa shape index (κ2) is 7.38. The Morgan fingerprint density at radius 3 is 2.09 bits per heavy atom. The lowest BCUT2D eigenvalue weighted by Crippen LogP contribution is -2.36. The fourth-order valence-electron chi connectivity index (χ4n) is 2.04. The molecule has 0 aromatic heterocycles. The number of esters is 1. The molecular formula is C17H17NO4. The van der Waals surface area contributed by atoms with Crippen molar-refractivity contribution < 1.29 is 19.4 Å². The highest BCUT2D eigenvalue weighted by molar-refractivity contribution is 5.82. The Bertz CT molecular complexity index is 628. The SMILES string of the molecule is N[C@@H](Cc1ccccc1)C(=O)OC(C(=O)O)c1ccccc1. The Kier molecular flexibility index (Phi) is 5.27. The van der Waals surface area contributed by atoms with Crippen molar-refractivity contribution in [1.29, 1.82) is 0 Å². The predicted molar refractivity (Wildman–Crippen MR) is 81.0 cm³/mol. The smallest absolute Gasteiger partial charge is 0.349 e. The number of carbonyl (C=O) groups is 2. The molecule has 3 N–H and O–H groups in total. The van der Waals surface area contributed by atoms with Gasteiger partial charge in [-0.25, -0.2) is 4.79 Å². The van der Waals surface area contributed by atoms with Gasteiger partial charge < -0.3 is 15.6 Å². The van der Waals surface area contributed by atoms with Crippen molar-refractivity contribution in [3.63, 3.8) is 0 Å². The molecule has 1 unspecified atom stereocenters. The van der Waals surface area contributed by atoms with Gasteiger partial charge in [-0.1, -0.05) is 60.7 Å². The molecule has 0 fully saturated rings. The molecule has 114 valence electrons. The largest absolute Gasteiger partial charge is 0.478 e. The molecule has 2 aromatic carbocycles. The number of carboxylic acid groups (broad SMARTS) is 1. The molecule has 0 amide bonds. The summed E-state index contributed by atoms with van der Waals surface area (Å²) in [5.41, 5.74) is 7.09. The van der Waals surface area contributed by atoms with Gasteiger partial charge in [-0.05, 0) is 12.0 Å². The van der Waals surface area contributed by atoms with Gasteiger partial charge in [0, 0.05) is 5.56 Å². The summed E-state index contributed by atoms with van der Waals surface area (Å²) in [6.45, 7) is 0. The minimum absolute atomic E-state index is 0.292. The van der Waals surface area contributed by atoms with Crippen molar-refractivity contribution in [3.05, 3.63) is 71.8 Å². The zero-order valence-corrected chi connectivity index (χ0v) is 11.9. The third-order valence-corrected chi connectivity index (χ3v) is 3.16. The van der Waals surface area contributed by atoms with Gasteiger partial charge in [0.2, 0.25) is 6.10 Å². The molecule has 2 atom stereocenters. The fraction of sp³-hybridized carbons (Fsp3) is 0.176. The fourth-order valence-corrected chi connectivity index (χ4v) is 2.04. The summed E-state index contributed by atoms with van der Waals surface area (Å²) < 4.78 is 5.07. The second-order valence-electron chi connectivity index (χ2n) is 4.86. The van der Waals surface area contributed by atoms with Crippen LogP contribution < -0.4 is 5.73 Å². The van der Waals surface area contributed by atoms with E-state index in [1.165, 1.54) is 0 Å². The zero-order valence-electron chi connectivity index (χ0n) is 11.9. The first-order valence-corrected chi connectivity index (χ1v) is 6.85. The van der Waals surface area contributed by atoms with Gasteiger partial charge >= 0.3 is 11.9 Å². The highest BCUT2D eigenvalue weighted by atomic mass is 16.6. The van der Waals surface area contributed by atoms with E-state index in [2.05, 4.69) is 0 Å². The summed E-state index contributed by atoms with van der Waals surface area (Å²) in [7, 11) is 0. The lowest BCUT2D eigenvalue weighted by atomic mass is 10.1. The van der Waals surface area contributed by atoms with E-state index in [4.69, 9.17) is 10.5 Å². The Morgan fingerprint density at radius 1 is 1.00 bits per heavy atom. The van der Waals surface area contributed by atoms with Crippen LogP contribution in [0.15, 0.2) is 60.7 Å². The quantitative estimate of drug-likeness (QED) is 0.795. The summed E-state index contributed by atoms with van der Waals surface area (Å²) in [5, 5.41) is 9.23. The van der Waals surface area contributed by atoms with Crippen LogP contribution in [0.1, 0.15) is 17.2 Å². The maximum Gasteiger partial charge on any atom is 0.349 e. The molecule has 22 heavy (non-hydrogen) atoms. The van der Waals surface area contributed by atoms with Gasteiger partial charge in [0.25, 0.3) is 0 Å². The third-order valence-electron chi connectivity index (χ3n) is 3.16. The molecule has 0 bridgehead atoms. The van der Waals surface area contributed by atoms with Crippen LogP contribution in [0.3, 0.4) is 0 Å². The molecule has 0 heterocycles. The number of ether oxygens (including phenoxy) is 1. The minimum atomic E-state index is -1.35. The highest BCUT2D eigenvalue weighted by Crippen LogP contribution is 2.18. The molecule has 0 saturated heterocycles. The molecule has 0 aliphatic carbocycles. The van der Waals surface area contributed by atoms with E-state index in [1.807, 2.05) is 30.3 Å². The topological polar surface area (TPSA) is 89.6 Å². The van der Waals surface area contributed by atoms with Crippen LogP contribution in [0.4, 0.5) is 0 Å². The second-order valence-corrected chi connectivity index (χ2v) is 4.86. The van der Waals surface area contributed by atoms with Crippen molar-refractivity contribution in [2.24, 2.45) is 5.73 Å². The number of hydrogen-bond acceptors (Lipinski definition) is 4. The van der Waals surface area contributed by atoms with Gasteiger partial charge in [0.05, 0.1) is 0 Å². The number of carboxylic acids is 1. The first kappa shape index (κ1) is 15.7. The summed E-state index contributed by atoms with van der Waals surface area (Å²) in [6, 6.07) is 16.6. The number of nitrogens with two attached hydrogens (primary N) is 1. The van der Waals surface area contributed by atoms with Crippen LogP contribution >= 0.6 is 0 Å². The number of aliphatic carboxylic acids is 1. The van der Waals surface area contributed by atoms with Crippen molar-refractivity contribution in [1.82, 2.24) is 0 Å². The molecule has 0 radical (unpaired) electrons. The van der Waals surface area contributed by atoms with Gasteiger partial charge in [-0.3, -0.25) is 4.79 Å². The standard InChI is InChI=1S/C17H17NO4/c18-14(11-12-7-3-1-4-8-12)17(21)22-15(16(19)20)13-9-5-2-6-10-13/h1-10,14-15H,11,18H2,(H,19,20)/t14-,15?/m0/s1. The first-order chi connectivity index (χ1) is 10.6. The summed E-state index contributed by atoms with van der Waals surface area (Å²) in [4.78, 5) is 23.3. The van der Waals surface area contributed by atoms with E-state index in [-0.39, 0.29) is 0 Å². The van der Waals surface area contributed by atoms with Crippen LogP contribution in [-0.4, -0.2) is 23.1 Å². The van der Waals surface area contributed by atoms with Gasteiger partial charge in [0.15, 0.2) is 0 Å². The van der Waals surface area contributed by atoms with E-state index in [9.17, 15) is 14.7 Å². The lowest BCUT2D eigenvalue weighted by Gasteiger charge is -2.17. The van der Waals surface area contributed by atoms with E-state index < -0.39 is 24.1 Å². The lowest BCUT2D eigenvalue weighted by molar-refractivity contribution is -0.165. The average Bonchev–Trinajstić information content (AvgIpc) is 2.53.